The van der Waals surface area contributed by atoms with Gasteiger partial charge < -0.3 is 10.3 Å². The van der Waals surface area contributed by atoms with E-state index < -0.39 is 0 Å². The van der Waals surface area contributed by atoms with Crippen LogP contribution in [0.2, 0.25) is 0 Å². The molecule has 8 aromatic carbocycles. The normalized spacial score (nSPS) is 11.5. The molecule has 10 rings (SSSR count). The highest BCUT2D eigenvalue weighted by atomic mass is 15.1. The summed E-state index contributed by atoms with van der Waals surface area (Å²) in [6.45, 7) is 1.82. The largest absolute Gasteiger partial charge is 0.309 e. The molecule has 1 aliphatic carbocycles. The van der Waals surface area contributed by atoms with Crippen molar-refractivity contribution < 1.29 is 0 Å². The van der Waals surface area contributed by atoms with Gasteiger partial charge in [-0.2, -0.15) is 0 Å². The Morgan fingerprint density at radius 1 is 0.426 bits per heavy atom. The molecule has 1 aliphatic rings. The molecule has 0 amide bonds. The van der Waals surface area contributed by atoms with Crippen molar-refractivity contribution >= 4 is 44.3 Å². The predicted molar refractivity (Wildman–Crippen MR) is 227 cm³/mol. The summed E-state index contributed by atoms with van der Waals surface area (Å²) in [5.74, 6) is 0. The molecule has 0 unspecified atom stereocenters. The Hall–Kier alpha value is -7.10. The van der Waals surface area contributed by atoms with E-state index in [1.54, 1.807) is 6.20 Å². The molecule has 54 heavy (non-hydrogen) atoms. The Labute approximate surface area is 315 Å². The number of nitrogens with zero attached hydrogens (tertiary/aromatic N) is 2. The summed E-state index contributed by atoms with van der Waals surface area (Å²) in [5, 5.41) is 13.2. The third-order valence-electron chi connectivity index (χ3n) is 10.8. The molecule has 0 aliphatic heterocycles. The monoisotopic (exact) mass is 689 g/mol. The number of hydrogen-bond acceptors (Lipinski definition) is 3. The van der Waals surface area contributed by atoms with Crippen LogP contribution in [-0.2, 0) is 0 Å². The SMILES string of the molecule is CC(=N)c1ccc(N(c2ccc(-c3ccc4c5c(cccc35)-c3c-4c(-c4ccccc4)c4ccccc4c3-c3ccccc3)cc2)c2cccnc2)cc1. The first kappa shape index (κ1) is 31.6. The number of pyridine rings is 1. The molecule has 9 aromatic rings. The van der Waals surface area contributed by atoms with E-state index in [4.69, 9.17) is 5.41 Å². The first-order chi connectivity index (χ1) is 26.7. The van der Waals surface area contributed by atoms with Gasteiger partial charge in [-0.1, -0.05) is 140 Å². The molecular weight excluding hydrogens is 655 g/mol. The lowest BCUT2D eigenvalue weighted by atomic mass is 9.82. The van der Waals surface area contributed by atoms with Crippen LogP contribution in [0.4, 0.5) is 17.1 Å². The van der Waals surface area contributed by atoms with Crippen molar-refractivity contribution in [2.24, 2.45) is 0 Å². The molecule has 0 spiro atoms. The molecule has 0 atom stereocenters. The topological polar surface area (TPSA) is 40.0 Å². The van der Waals surface area contributed by atoms with E-state index in [-0.39, 0.29) is 0 Å². The third-order valence-corrected chi connectivity index (χ3v) is 10.8. The summed E-state index contributed by atoms with van der Waals surface area (Å²) in [4.78, 5) is 6.65. The van der Waals surface area contributed by atoms with E-state index in [1.165, 1.54) is 71.6 Å². The first-order valence-electron chi connectivity index (χ1n) is 18.4. The number of hydrogen-bond donors (Lipinski definition) is 1. The Kier molecular flexibility index (Phi) is 7.52. The van der Waals surface area contributed by atoms with Crippen molar-refractivity contribution in [3.8, 4) is 55.6 Å². The predicted octanol–water partition coefficient (Wildman–Crippen LogP) is 13.9. The highest BCUT2D eigenvalue weighted by molar-refractivity contribution is 6.28. The summed E-state index contributed by atoms with van der Waals surface area (Å²) >= 11 is 0. The van der Waals surface area contributed by atoms with Gasteiger partial charge in [-0.25, -0.2) is 0 Å². The maximum absolute atomic E-state index is 8.08. The fourth-order valence-electron chi connectivity index (χ4n) is 8.45. The molecular formula is C51H35N3. The van der Waals surface area contributed by atoms with Crippen LogP contribution < -0.4 is 4.90 Å². The zero-order valence-corrected chi connectivity index (χ0v) is 29.8. The Morgan fingerprint density at radius 3 is 1.54 bits per heavy atom. The maximum Gasteiger partial charge on any atom is 0.0644 e. The van der Waals surface area contributed by atoms with E-state index >= 15 is 0 Å². The van der Waals surface area contributed by atoms with Gasteiger partial charge in [0.25, 0.3) is 0 Å². The quantitative estimate of drug-likeness (QED) is 0.169. The van der Waals surface area contributed by atoms with Gasteiger partial charge in [-0.3, -0.25) is 4.98 Å². The minimum absolute atomic E-state index is 0.549. The van der Waals surface area contributed by atoms with Crippen molar-refractivity contribution in [1.29, 1.82) is 5.41 Å². The van der Waals surface area contributed by atoms with E-state index in [1.807, 2.05) is 31.3 Å². The maximum atomic E-state index is 8.08. The minimum atomic E-state index is 0.549. The van der Waals surface area contributed by atoms with Crippen molar-refractivity contribution in [2.45, 2.75) is 6.92 Å². The second kappa shape index (κ2) is 12.8. The molecule has 1 heterocycles. The van der Waals surface area contributed by atoms with E-state index in [2.05, 4.69) is 168 Å². The smallest absolute Gasteiger partial charge is 0.0644 e. The second-order valence-electron chi connectivity index (χ2n) is 13.9. The number of rotatable bonds is 7. The van der Waals surface area contributed by atoms with Gasteiger partial charge >= 0.3 is 0 Å². The summed E-state index contributed by atoms with van der Waals surface area (Å²) in [5.41, 5.74) is 17.1. The Morgan fingerprint density at radius 2 is 0.963 bits per heavy atom. The number of benzene rings is 8. The van der Waals surface area contributed by atoms with Crippen LogP contribution in [0.25, 0.3) is 77.2 Å². The van der Waals surface area contributed by atoms with Crippen molar-refractivity contribution in [2.75, 3.05) is 4.90 Å². The fourth-order valence-corrected chi connectivity index (χ4v) is 8.45. The molecule has 1 N–H and O–H groups in total. The summed E-state index contributed by atoms with van der Waals surface area (Å²) in [6.07, 6.45) is 3.69. The van der Waals surface area contributed by atoms with Crippen LogP contribution in [0, 0.1) is 5.41 Å². The Bertz CT molecular complexity index is 2770. The summed E-state index contributed by atoms with van der Waals surface area (Å²) < 4.78 is 0. The van der Waals surface area contributed by atoms with E-state index in [0.717, 1.165) is 28.2 Å². The molecule has 0 bridgehead atoms. The number of nitrogens with one attached hydrogen (secondary N) is 1. The van der Waals surface area contributed by atoms with Crippen molar-refractivity contribution in [3.05, 3.63) is 194 Å². The summed E-state index contributed by atoms with van der Waals surface area (Å²) in [7, 11) is 0. The van der Waals surface area contributed by atoms with Gasteiger partial charge in [0.1, 0.15) is 0 Å². The van der Waals surface area contributed by atoms with Gasteiger partial charge in [-0.05, 0) is 126 Å². The van der Waals surface area contributed by atoms with Crippen LogP contribution in [0.1, 0.15) is 12.5 Å². The molecule has 0 saturated carbocycles. The Balaban J connectivity index is 1.16. The lowest BCUT2D eigenvalue weighted by Crippen LogP contribution is -2.10. The second-order valence-corrected chi connectivity index (χ2v) is 13.9. The molecule has 0 radical (unpaired) electrons. The third kappa shape index (κ3) is 5.05. The molecule has 0 fully saturated rings. The zero-order chi connectivity index (χ0) is 36.2. The zero-order valence-electron chi connectivity index (χ0n) is 29.8. The van der Waals surface area contributed by atoms with Crippen LogP contribution in [0.3, 0.4) is 0 Å². The highest BCUT2D eigenvalue weighted by Gasteiger charge is 2.31. The van der Waals surface area contributed by atoms with Gasteiger partial charge in [-0.15, -0.1) is 0 Å². The standard InChI is InChI=1S/C51H35N3/c1-33(52)34-21-25-38(26-22-34)54(40-16-11-31-53-32-40)39-27-23-35(24-28-39)41-29-30-46-49-42(41)19-10-20-45(49)50-47(36-12-4-2-5-13-36)43-17-8-9-18-44(43)48(51(46)50)37-14-6-3-7-15-37/h2-32,52H,1H3. The fraction of sp³-hybridized carbons (Fsp3) is 0.0196. The lowest BCUT2D eigenvalue weighted by Gasteiger charge is -2.25. The molecule has 1 aromatic heterocycles. The minimum Gasteiger partial charge on any atom is -0.309 e. The van der Waals surface area contributed by atoms with Crippen LogP contribution in [0.15, 0.2) is 188 Å². The first-order valence-corrected chi connectivity index (χ1v) is 18.4. The molecule has 0 saturated heterocycles. The lowest BCUT2D eigenvalue weighted by molar-refractivity contribution is 1.23. The average Bonchev–Trinajstić information content (AvgIpc) is 3.56. The number of aromatic nitrogens is 1. The van der Waals surface area contributed by atoms with Crippen LogP contribution in [-0.4, -0.2) is 10.7 Å². The average molecular weight is 690 g/mol. The van der Waals surface area contributed by atoms with Crippen LogP contribution in [0.5, 0.6) is 0 Å². The number of anilines is 3. The van der Waals surface area contributed by atoms with Gasteiger partial charge in [0.2, 0.25) is 0 Å². The number of fused-ring (bicyclic) bond motifs is 4. The van der Waals surface area contributed by atoms with Gasteiger partial charge in [0.05, 0.1) is 11.9 Å². The highest BCUT2D eigenvalue weighted by Crippen LogP contribution is 2.58. The molecule has 3 heteroatoms. The van der Waals surface area contributed by atoms with Crippen LogP contribution >= 0.6 is 0 Å². The molecule has 3 nitrogen and oxygen atoms in total. The van der Waals surface area contributed by atoms with E-state index in [0.29, 0.717) is 5.71 Å². The van der Waals surface area contributed by atoms with Gasteiger partial charge in [0.15, 0.2) is 0 Å². The van der Waals surface area contributed by atoms with E-state index in [9.17, 15) is 0 Å². The van der Waals surface area contributed by atoms with Gasteiger partial charge in [0, 0.05) is 23.3 Å². The van der Waals surface area contributed by atoms with Crippen molar-refractivity contribution in [3.63, 3.8) is 0 Å². The summed E-state index contributed by atoms with van der Waals surface area (Å²) in [6, 6.07) is 63.3. The van der Waals surface area contributed by atoms with Crippen molar-refractivity contribution in [1.82, 2.24) is 4.98 Å². The molecule has 254 valence electrons.